The van der Waals surface area contributed by atoms with Gasteiger partial charge in [0.15, 0.2) is 5.69 Å². The van der Waals surface area contributed by atoms with E-state index < -0.39 is 23.3 Å². The molecule has 1 aromatic heterocycles. The molecule has 0 fully saturated rings. The van der Waals surface area contributed by atoms with Crippen LogP contribution in [-0.2, 0) is 12.7 Å². The number of halogens is 3. The number of hydrogen-bond acceptors (Lipinski definition) is 2. The second kappa shape index (κ2) is 4.46. The Balaban J connectivity index is 3.55. The Morgan fingerprint density at radius 2 is 2.12 bits per heavy atom. The van der Waals surface area contributed by atoms with Gasteiger partial charge in [-0.05, 0) is 6.92 Å². The summed E-state index contributed by atoms with van der Waals surface area (Å²) in [5, 5.41) is 0. The molecule has 0 atom stereocenters. The van der Waals surface area contributed by atoms with E-state index in [0.29, 0.717) is 15.9 Å². The molecule has 2 nitrogen and oxygen atoms in total. The molecule has 0 saturated heterocycles. The largest absolute Gasteiger partial charge is 0.433 e. The summed E-state index contributed by atoms with van der Waals surface area (Å²) in [6.45, 7) is 0.992. The zero-order valence-electron chi connectivity index (χ0n) is 8.18. The summed E-state index contributed by atoms with van der Waals surface area (Å²) in [6, 6.07) is 0. The summed E-state index contributed by atoms with van der Waals surface area (Å²) in [5.74, 6) is 6.61. The number of aromatic nitrogens is 1. The van der Waals surface area contributed by atoms with E-state index >= 15 is 0 Å². The van der Waals surface area contributed by atoms with Gasteiger partial charge in [0.1, 0.15) is 4.88 Å². The van der Waals surface area contributed by atoms with Crippen LogP contribution in [0.1, 0.15) is 17.5 Å². The molecule has 84 valence electrons. The number of terminal acetylenes is 1. The van der Waals surface area contributed by atoms with E-state index in [1.54, 1.807) is 0 Å². The van der Waals surface area contributed by atoms with E-state index in [1.165, 1.54) is 6.92 Å². The van der Waals surface area contributed by atoms with Crippen molar-refractivity contribution >= 4 is 11.3 Å². The standard InChI is InChI=1S/C10H6F3NOS/c1-3-5-7-8(10(11,12)13)14(6-4-2)9(15)16-7/h2H,6H2,1H3. The average molecular weight is 245 g/mol. The zero-order chi connectivity index (χ0) is 12.3. The van der Waals surface area contributed by atoms with Gasteiger partial charge in [-0.25, -0.2) is 0 Å². The van der Waals surface area contributed by atoms with Crippen molar-refractivity contribution in [2.24, 2.45) is 0 Å². The number of hydrogen-bond donors (Lipinski definition) is 0. The van der Waals surface area contributed by atoms with E-state index in [0.717, 1.165) is 0 Å². The fourth-order valence-electron chi connectivity index (χ4n) is 1.12. The third kappa shape index (κ3) is 2.29. The van der Waals surface area contributed by atoms with Gasteiger partial charge in [0.05, 0.1) is 6.54 Å². The van der Waals surface area contributed by atoms with Crippen LogP contribution in [-0.4, -0.2) is 4.57 Å². The molecule has 1 heterocycles. The van der Waals surface area contributed by atoms with E-state index in [-0.39, 0.29) is 4.88 Å². The SMILES string of the molecule is C#CCn1c(C(F)(F)F)c(C#CC)sc1=O. The molecule has 1 aromatic rings. The van der Waals surface area contributed by atoms with Crippen LogP contribution in [0.3, 0.4) is 0 Å². The van der Waals surface area contributed by atoms with Gasteiger partial charge in [0.25, 0.3) is 0 Å². The molecule has 0 aliphatic heterocycles. The fourth-order valence-corrected chi connectivity index (χ4v) is 2.04. The molecule has 0 amide bonds. The van der Waals surface area contributed by atoms with Crippen molar-refractivity contribution in [3.8, 4) is 24.2 Å². The summed E-state index contributed by atoms with van der Waals surface area (Å²) < 4.78 is 38.6. The summed E-state index contributed by atoms with van der Waals surface area (Å²) in [7, 11) is 0. The molecule has 0 spiro atoms. The third-order valence-electron chi connectivity index (χ3n) is 1.65. The normalized spacial score (nSPS) is 10.4. The Labute approximate surface area is 93.7 Å². The lowest BCUT2D eigenvalue weighted by molar-refractivity contribution is -0.143. The monoisotopic (exact) mass is 245 g/mol. The van der Waals surface area contributed by atoms with Gasteiger partial charge >= 0.3 is 11.0 Å². The Morgan fingerprint density at radius 3 is 2.56 bits per heavy atom. The summed E-state index contributed by atoms with van der Waals surface area (Å²) in [6.07, 6.45) is 0.287. The number of thiazole rings is 1. The molecular weight excluding hydrogens is 239 g/mol. The minimum absolute atomic E-state index is 0.296. The summed E-state index contributed by atoms with van der Waals surface area (Å²) in [5.41, 5.74) is -1.06. The predicted molar refractivity (Wildman–Crippen MR) is 55.0 cm³/mol. The summed E-state index contributed by atoms with van der Waals surface area (Å²) in [4.78, 5) is 10.2. The van der Waals surface area contributed by atoms with Crippen molar-refractivity contribution in [2.75, 3.05) is 0 Å². The fraction of sp³-hybridized carbons (Fsp3) is 0.300. The number of rotatable bonds is 1. The molecule has 0 aromatic carbocycles. The molecule has 0 aliphatic rings. The lowest BCUT2D eigenvalue weighted by Crippen LogP contribution is -2.21. The van der Waals surface area contributed by atoms with Crippen LogP contribution in [0, 0.1) is 24.2 Å². The van der Waals surface area contributed by atoms with Crippen molar-refractivity contribution in [3.05, 3.63) is 20.2 Å². The first kappa shape index (κ1) is 12.4. The minimum atomic E-state index is -4.63. The van der Waals surface area contributed by atoms with Gasteiger partial charge in [-0.15, -0.1) is 12.3 Å². The molecule has 16 heavy (non-hydrogen) atoms. The molecule has 6 heteroatoms. The zero-order valence-corrected chi connectivity index (χ0v) is 9.00. The molecule has 1 rings (SSSR count). The van der Waals surface area contributed by atoms with E-state index in [1.807, 2.05) is 5.92 Å². The number of alkyl halides is 3. The quantitative estimate of drug-likeness (QED) is 0.693. The van der Waals surface area contributed by atoms with Crippen LogP contribution in [0.25, 0.3) is 0 Å². The van der Waals surface area contributed by atoms with Crippen molar-refractivity contribution in [3.63, 3.8) is 0 Å². The Morgan fingerprint density at radius 1 is 1.50 bits per heavy atom. The average Bonchev–Trinajstić information content (AvgIpc) is 2.43. The van der Waals surface area contributed by atoms with Crippen LogP contribution in [0.2, 0.25) is 0 Å². The molecule has 0 unspecified atom stereocenters. The second-order valence-corrected chi connectivity index (χ2v) is 3.67. The van der Waals surface area contributed by atoms with Crippen molar-refractivity contribution < 1.29 is 13.2 Å². The van der Waals surface area contributed by atoms with Crippen molar-refractivity contribution in [1.82, 2.24) is 4.57 Å². The van der Waals surface area contributed by atoms with E-state index in [9.17, 15) is 18.0 Å². The molecule has 0 radical (unpaired) electrons. The molecule has 0 aliphatic carbocycles. The van der Waals surface area contributed by atoms with E-state index in [2.05, 4.69) is 11.8 Å². The predicted octanol–water partition coefficient (Wildman–Crippen LogP) is 1.93. The highest BCUT2D eigenvalue weighted by atomic mass is 32.1. The highest BCUT2D eigenvalue weighted by Crippen LogP contribution is 2.32. The van der Waals surface area contributed by atoms with Gasteiger partial charge in [-0.3, -0.25) is 9.36 Å². The maximum Gasteiger partial charge on any atom is 0.433 e. The topological polar surface area (TPSA) is 22.0 Å². The number of nitrogens with zero attached hydrogens (tertiary/aromatic N) is 1. The minimum Gasteiger partial charge on any atom is -0.282 e. The smallest absolute Gasteiger partial charge is 0.282 e. The van der Waals surface area contributed by atoms with Crippen molar-refractivity contribution in [1.29, 1.82) is 0 Å². The van der Waals surface area contributed by atoms with Crippen LogP contribution < -0.4 is 4.87 Å². The first-order chi connectivity index (χ1) is 7.41. The van der Waals surface area contributed by atoms with Gasteiger partial charge in [-0.2, -0.15) is 13.2 Å². The van der Waals surface area contributed by atoms with Crippen LogP contribution in [0.4, 0.5) is 13.2 Å². The van der Waals surface area contributed by atoms with Gasteiger partial charge in [0.2, 0.25) is 0 Å². The van der Waals surface area contributed by atoms with Crippen LogP contribution >= 0.6 is 11.3 Å². The van der Waals surface area contributed by atoms with Gasteiger partial charge in [-0.1, -0.05) is 23.2 Å². The molecule has 0 saturated carbocycles. The van der Waals surface area contributed by atoms with Gasteiger partial charge < -0.3 is 0 Å². The molecule has 0 N–H and O–H groups in total. The second-order valence-electron chi connectivity index (χ2n) is 2.71. The molecule has 0 bridgehead atoms. The highest BCUT2D eigenvalue weighted by Gasteiger charge is 2.38. The Bertz CT molecular complexity index is 548. The third-order valence-corrected chi connectivity index (χ3v) is 2.55. The maximum absolute atomic E-state index is 12.7. The Kier molecular flexibility index (Phi) is 3.46. The van der Waals surface area contributed by atoms with Crippen LogP contribution in [0.15, 0.2) is 4.79 Å². The lowest BCUT2D eigenvalue weighted by Gasteiger charge is -2.08. The highest BCUT2D eigenvalue weighted by molar-refractivity contribution is 7.10. The Hall–Kier alpha value is -1.66. The first-order valence-electron chi connectivity index (χ1n) is 4.08. The summed E-state index contributed by atoms with van der Waals surface area (Å²) >= 11 is 0.451. The van der Waals surface area contributed by atoms with E-state index in [4.69, 9.17) is 6.42 Å². The maximum atomic E-state index is 12.7. The van der Waals surface area contributed by atoms with Crippen LogP contribution in [0.5, 0.6) is 0 Å². The van der Waals surface area contributed by atoms with Crippen molar-refractivity contribution in [2.45, 2.75) is 19.6 Å². The molecular formula is C10H6F3NOS. The van der Waals surface area contributed by atoms with Gasteiger partial charge in [0, 0.05) is 0 Å². The lowest BCUT2D eigenvalue weighted by atomic mass is 10.3. The first-order valence-corrected chi connectivity index (χ1v) is 4.90.